The summed E-state index contributed by atoms with van der Waals surface area (Å²) in [6.45, 7) is 4.51. The minimum Gasteiger partial charge on any atom is -0.300 e. The molecule has 0 N–H and O–H groups in total. The number of ketones is 1. The van der Waals surface area contributed by atoms with Gasteiger partial charge in [0.25, 0.3) is 15.9 Å². The molecule has 1 heterocycles. The van der Waals surface area contributed by atoms with Crippen LogP contribution in [0.4, 0.5) is 0 Å². The minimum absolute atomic E-state index is 0.0816. The van der Waals surface area contributed by atoms with Crippen molar-refractivity contribution in [1.82, 2.24) is 4.31 Å². The van der Waals surface area contributed by atoms with Crippen molar-refractivity contribution in [2.75, 3.05) is 6.54 Å². The lowest BCUT2D eigenvalue weighted by Crippen LogP contribution is -2.67. The van der Waals surface area contributed by atoms with E-state index in [2.05, 4.69) is 0 Å². The van der Waals surface area contributed by atoms with Crippen LogP contribution in [0.5, 0.6) is 0 Å². The molecule has 0 aromatic heterocycles. The van der Waals surface area contributed by atoms with Gasteiger partial charge in [0.05, 0.1) is 0 Å². The highest BCUT2D eigenvalue weighted by molar-refractivity contribution is 7.94. The van der Waals surface area contributed by atoms with Gasteiger partial charge in [-0.2, -0.15) is 0 Å². The highest BCUT2D eigenvalue weighted by Gasteiger charge is 2.59. The van der Waals surface area contributed by atoms with Gasteiger partial charge in [0.1, 0.15) is 5.78 Å². The third kappa shape index (κ3) is 1.98. The Balaban J connectivity index is 2.47. The molecule has 0 aromatic carbocycles. The van der Waals surface area contributed by atoms with E-state index in [0.29, 0.717) is 19.3 Å². The number of hydrogen-bond acceptors (Lipinski definition) is 4. The number of rotatable bonds is 5. The van der Waals surface area contributed by atoms with Gasteiger partial charge in [0.2, 0.25) is 0 Å². The minimum atomic E-state index is -3.45. The van der Waals surface area contributed by atoms with Crippen LogP contribution >= 0.6 is 0 Å². The van der Waals surface area contributed by atoms with Gasteiger partial charge in [-0.3, -0.25) is 4.79 Å². The molecule has 1 fully saturated rings. The predicted octanol–water partition coefficient (Wildman–Crippen LogP) is 0.696. The molecule has 16 heavy (non-hydrogen) atoms. The Kier molecular flexibility index (Phi) is 3.42. The summed E-state index contributed by atoms with van der Waals surface area (Å²) in [5, 5.41) is 0. The molecule has 0 aromatic rings. The van der Waals surface area contributed by atoms with Gasteiger partial charge in [-0.05, 0) is 33.6 Å². The van der Waals surface area contributed by atoms with Crippen molar-refractivity contribution >= 4 is 21.7 Å². The van der Waals surface area contributed by atoms with E-state index in [9.17, 15) is 18.0 Å². The van der Waals surface area contributed by atoms with E-state index in [1.54, 1.807) is 0 Å². The molecule has 1 aliphatic rings. The number of Topliss-reactive ketones (excluding diaryl/α,β-unsaturated/α-hetero) is 1. The van der Waals surface area contributed by atoms with Crippen LogP contribution in [-0.2, 0) is 19.6 Å². The van der Waals surface area contributed by atoms with Crippen molar-refractivity contribution in [2.45, 2.75) is 44.8 Å². The maximum absolute atomic E-state index is 11.6. The van der Waals surface area contributed by atoms with E-state index in [1.807, 2.05) is 0 Å². The number of carbonyl (C=O) groups is 2. The van der Waals surface area contributed by atoms with Crippen molar-refractivity contribution in [3.8, 4) is 0 Å². The summed E-state index contributed by atoms with van der Waals surface area (Å²) >= 11 is 0. The number of carbonyl (C=O) groups excluding carboxylic acids is 2. The van der Waals surface area contributed by atoms with Gasteiger partial charge in [-0.25, -0.2) is 12.7 Å². The van der Waals surface area contributed by atoms with E-state index >= 15 is 0 Å². The van der Waals surface area contributed by atoms with E-state index in [4.69, 9.17) is 0 Å². The number of nitrogens with zero attached hydrogens (tertiary/aromatic N) is 1. The Morgan fingerprint density at radius 3 is 2.31 bits per heavy atom. The molecule has 0 bridgehead atoms. The average molecular weight is 247 g/mol. The second-order valence-corrected chi connectivity index (χ2v) is 6.96. The molecule has 6 heteroatoms. The first-order valence-corrected chi connectivity index (χ1v) is 6.71. The van der Waals surface area contributed by atoms with Crippen LogP contribution in [0.2, 0.25) is 0 Å². The molecule has 0 atom stereocenters. The third-order valence-electron chi connectivity index (χ3n) is 2.82. The molecule has 0 radical (unpaired) electrons. The van der Waals surface area contributed by atoms with Crippen molar-refractivity contribution in [3.05, 3.63) is 0 Å². The Bertz CT molecular complexity index is 411. The molecule has 1 aliphatic heterocycles. The summed E-state index contributed by atoms with van der Waals surface area (Å²) in [5.41, 5.74) is 0. The monoisotopic (exact) mass is 247 g/mol. The Morgan fingerprint density at radius 2 is 1.88 bits per heavy atom. The molecule has 1 amide bonds. The second kappa shape index (κ2) is 4.16. The number of hydrogen-bond donors (Lipinski definition) is 0. The van der Waals surface area contributed by atoms with E-state index in [1.165, 1.54) is 20.8 Å². The van der Waals surface area contributed by atoms with E-state index in [0.717, 1.165) is 4.31 Å². The molecule has 5 nitrogen and oxygen atoms in total. The zero-order valence-corrected chi connectivity index (χ0v) is 10.6. The zero-order chi connectivity index (χ0) is 12.6. The fourth-order valence-electron chi connectivity index (χ4n) is 1.61. The summed E-state index contributed by atoms with van der Waals surface area (Å²) in [5.74, 6) is -0.270. The van der Waals surface area contributed by atoms with Crippen LogP contribution < -0.4 is 0 Å². The molecule has 0 spiro atoms. The van der Waals surface area contributed by atoms with Crippen LogP contribution in [0.15, 0.2) is 0 Å². The lowest BCUT2D eigenvalue weighted by molar-refractivity contribution is -0.132. The van der Waals surface area contributed by atoms with Gasteiger partial charge in [-0.1, -0.05) is 0 Å². The van der Waals surface area contributed by atoms with Gasteiger partial charge in [-0.15, -0.1) is 0 Å². The maximum Gasteiger partial charge on any atom is 0.258 e. The lowest BCUT2D eigenvalue weighted by atomic mass is 10.1. The number of sulfonamides is 1. The zero-order valence-electron chi connectivity index (χ0n) is 9.82. The summed E-state index contributed by atoms with van der Waals surface area (Å²) in [7, 11) is -3.45. The van der Waals surface area contributed by atoms with Crippen molar-refractivity contribution < 1.29 is 18.0 Å². The first-order valence-electron chi connectivity index (χ1n) is 5.27. The second-order valence-electron chi connectivity index (χ2n) is 4.55. The Labute approximate surface area is 95.9 Å². The van der Waals surface area contributed by atoms with E-state index < -0.39 is 14.8 Å². The third-order valence-corrected chi connectivity index (χ3v) is 5.21. The van der Waals surface area contributed by atoms with Crippen molar-refractivity contribution in [2.24, 2.45) is 0 Å². The van der Waals surface area contributed by atoms with Crippen LogP contribution in [0.3, 0.4) is 0 Å². The normalized spacial score (nSPS) is 21.7. The molecule has 0 aliphatic carbocycles. The largest absolute Gasteiger partial charge is 0.300 e. The van der Waals surface area contributed by atoms with Gasteiger partial charge >= 0.3 is 0 Å². The number of amides is 1. The van der Waals surface area contributed by atoms with Crippen molar-refractivity contribution in [3.63, 3.8) is 0 Å². The van der Waals surface area contributed by atoms with Crippen LogP contribution in [0.25, 0.3) is 0 Å². The van der Waals surface area contributed by atoms with Crippen LogP contribution in [0.1, 0.15) is 40.0 Å². The molecule has 1 rings (SSSR count). The molecular formula is C10H17NO4S. The van der Waals surface area contributed by atoms with Gasteiger partial charge < -0.3 is 4.79 Å². The highest BCUT2D eigenvalue weighted by atomic mass is 32.2. The summed E-state index contributed by atoms with van der Waals surface area (Å²) in [6.07, 6.45) is 1.60. The first kappa shape index (κ1) is 13.2. The quantitative estimate of drug-likeness (QED) is 0.670. The standard InChI is InChI=1S/C10H17NO4S/c1-8(12)6-4-5-7-11-9(13)10(2,3)16(11,14)15/h4-7H2,1-3H3. The fourth-order valence-corrected chi connectivity index (χ4v) is 3.17. The average Bonchev–Trinajstić information content (AvgIpc) is 2.15. The SMILES string of the molecule is CC(=O)CCCCN1C(=O)C(C)(C)S1(=O)=O. The molecular weight excluding hydrogens is 230 g/mol. The Morgan fingerprint density at radius 1 is 1.31 bits per heavy atom. The summed E-state index contributed by atoms with van der Waals surface area (Å²) in [4.78, 5) is 22.2. The fraction of sp³-hybridized carbons (Fsp3) is 0.800. The molecule has 1 saturated heterocycles. The lowest BCUT2D eigenvalue weighted by Gasteiger charge is -2.43. The first-order chi connectivity index (χ1) is 7.21. The Hall–Kier alpha value is -0.910. The van der Waals surface area contributed by atoms with Crippen LogP contribution in [-0.4, -0.2) is 35.7 Å². The van der Waals surface area contributed by atoms with Gasteiger partial charge in [0.15, 0.2) is 4.75 Å². The smallest absolute Gasteiger partial charge is 0.258 e. The van der Waals surface area contributed by atoms with Crippen LogP contribution in [0, 0.1) is 0 Å². The summed E-state index contributed by atoms with van der Waals surface area (Å²) in [6, 6.07) is 0. The highest BCUT2D eigenvalue weighted by Crippen LogP contribution is 2.34. The molecule has 0 saturated carbocycles. The number of unbranched alkanes of at least 4 members (excludes halogenated alkanes) is 1. The molecule has 0 unspecified atom stereocenters. The summed E-state index contributed by atoms with van der Waals surface area (Å²) < 4.78 is 22.9. The van der Waals surface area contributed by atoms with E-state index in [-0.39, 0.29) is 18.2 Å². The maximum atomic E-state index is 11.6. The van der Waals surface area contributed by atoms with Crippen molar-refractivity contribution in [1.29, 1.82) is 0 Å². The molecule has 92 valence electrons. The predicted molar refractivity (Wildman–Crippen MR) is 59.2 cm³/mol. The topological polar surface area (TPSA) is 71.5 Å². The van der Waals surface area contributed by atoms with Gasteiger partial charge in [0, 0.05) is 13.0 Å².